The smallest absolute Gasteiger partial charge is 0.261 e. The van der Waals surface area contributed by atoms with Crippen LogP contribution in [0, 0.1) is 13.8 Å². The molecule has 0 saturated carbocycles. The number of nitrogens with zero attached hydrogens (tertiary/aromatic N) is 1. The van der Waals surface area contributed by atoms with Gasteiger partial charge in [0.2, 0.25) is 0 Å². The van der Waals surface area contributed by atoms with E-state index in [2.05, 4.69) is 15.3 Å². The molecule has 1 aliphatic rings. The Hall–Kier alpha value is -2.60. The first-order chi connectivity index (χ1) is 12.0. The van der Waals surface area contributed by atoms with Crippen molar-refractivity contribution in [2.75, 3.05) is 18.5 Å². The topological polar surface area (TPSA) is 92.5 Å². The normalized spacial score (nSPS) is 18.2. The first-order valence-corrected chi connectivity index (χ1v) is 8.52. The molecule has 3 rings (SSSR count). The predicted octanol–water partition coefficient (Wildman–Crippen LogP) is 2.62. The number of anilines is 1. The molecule has 0 unspecified atom stereocenters. The number of aromatic amines is 1. The monoisotopic (exact) mass is 340 g/mol. The van der Waals surface area contributed by atoms with Crippen LogP contribution in [0.1, 0.15) is 29.5 Å². The third kappa shape index (κ3) is 4.09. The lowest BCUT2D eigenvalue weighted by Gasteiger charge is -2.25. The Kier molecular flexibility index (Phi) is 5.19. The van der Waals surface area contributed by atoms with Crippen molar-refractivity contribution >= 4 is 17.2 Å². The van der Waals surface area contributed by atoms with E-state index >= 15 is 0 Å². The van der Waals surface area contributed by atoms with Gasteiger partial charge in [-0.2, -0.15) is 0 Å². The van der Waals surface area contributed by atoms with Crippen molar-refractivity contribution in [1.82, 2.24) is 4.98 Å². The van der Waals surface area contributed by atoms with Crippen molar-refractivity contribution in [2.24, 2.45) is 10.7 Å². The highest BCUT2D eigenvalue weighted by Crippen LogP contribution is 2.20. The number of H-pyrrole nitrogens is 1. The summed E-state index contributed by atoms with van der Waals surface area (Å²) >= 11 is 0. The molecule has 1 aromatic carbocycles. The maximum absolute atomic E-state index is 12.3. The average molecular weight is 340 g/mol. The summed E-state index contributed by atoms with van der Waals surface area (Å²) in [6, 6.07) is 7.84. The zero-order valence-corrected chi connectivity index (χ0v) is 14.6. The Bertz CT molecular complexity index is 836. The van der Waals surface area contributed by atoms with Crippen LogP contribution >= 0.6 is 0 Å². The lowest BCUT2D eigenvalue weighted by molar-refractivity contribution is 0.0876. The Balaban J connectivity index is 1.93. The molecule has 6 heteroatoms. The van der Waals surface area contributed by atoms with Gasteiger partial charge in [0, 0.05) is 18.8 Å². The molecule has 2 heterocycles. The molecule has 1 aromatic heterocycles. The molecule has 0 amide bonds. The molecule has 0 spiro atoms. The van der Waals surface area contributed by atoms with E-state index in [1.54, 1.807) is 6.20 Å². The highest BCUT2D eigenvalue weighted by Gasteiger charge is 2.18. The third-order valence-corrected chi connectivity index (χ3v) is 4.48. The molecule has 25 heavy (non-hydrogen) atoms. The maximum atomic E-state index is 12.3. The van der Waals surface area contributed by atoms with Crippen molar-refractivity contribution in [1.29, 1.82) is 0 Å². The molecule has 1 fully saturated rings. The molecule has 4 N–H and O–H groups in total. The van der Waals surface area contributed by atoms with Crippen molar-refractivity contribution in [3.63, 3.8) is 0 Å². The van der Waals surface area contributed by atoms with Crippen molar-refractivity contribution in [3.05, 3.63) is 57.5 Å². The van der Waals surface area contributed by atoms with Crippen molar-refractivity contribution < 1.29 is 4.74 Å². The van der Waals surface area contributed by atoms with E-state index in [-0.39, 0.29) is 17.4 Å². The summed E-state index contributed by atoms with van der Waals surface area (Å²) in [5.74, 6) is 0.198. The molecule has 132 valence electrons. The molecule has 1 atom stereocenters. The first kappa shape index (κ1) is 17.2. The molecule has 0 radical (unpaired) electrons. The van der Waals surface area contributed by atoms with Gasteiger partial charge in [0.25, 0.3) is 5.56 Å². The van der Waals surface area contributed by atoms with Gasteiger partial charge in [-0.15, -0.1) is 0 Å². The number of ether oxygens (including phenoxy) is 1. The number of rotatable bonds is 4. The van der Waals surface area contributed by atoms with Gasteiger partial charge >= 0.3 is 0 Å². The summed E-state index contributed by atoms with van der Waals surface area (Å²) in [5, 5.41) is 3.37. The van der Waals surface area contributed by atoms with Gasteiger partial charge in [-0.1, -0.05) is 6.07 Å². The Morgan fingerprint density at radius 1 is 1.32 bits per heavy atom. The summed E-state index contributed by atoms with van der Waals surface area (Å²) in [4.78, 5) is 19.5. The zero-order chi connectivity index (χ0) is 17.8. The van der Waals surface area contributed by atoms with Crippen LogP contribution in [0.2, 0.25) is 0 Å². The minimum Gasteiger partial charge on any atom is -0.383 e. The standard InChI is InChI=1S/C19H24N4O2/c1-12-5-6-14(10-13(12)2)23-18(20)17-16(7-8-21-19(17)24)22-15-4-3-9-25-11-15/h5-8,10,15H,3-4,9,11H2,1-2H3,(H2,20,23)(H2,21,22,24)/t15-/m1/s1. The van der Waals surface area contributed by atoms with Gasteiger partial charge in [0.1, 0.15) is 11.4 Å². The van der Waals surface area contributed by atoms with Crippen LogP contribution in [0.25, 0.3) is 0 Å². The van der Waals surface area contributed by atoms with E-state index in [0.717, 1.165) is 30.7 Å². The molecular weight excluding hydrogens is 316 g/mol. The first-order valence-electron chi connectivity index (χ1n) is 8.52. The second kappa shape index (κ2) is 7.53. The van der Waals surface area contributed by atoms with Crippen LogP contribution in [0.4, 0.5) is 11.4 Å². The number of benzene rings is 1. The summed E-state index contributed by atoms with van der Waals surface area (Å²) < 4.78 is 5.49. The summed E-state index contributed by atoms with van der Waals surface area (Å²) in [7, 11) is 0. The summed E-state index contributed by atoms with van der Waals surface area (Å²) in [6.07, 6.45) is 3.62. The third-order valence-electron chi connectivity index (χ3n) is 4.48. The van der Waals surface area contributed by atoms with E-state index in [9.17, 15) is 4.79 Å². The molecule has 2 aromatic rings. The second-order valence-corrected chi connectivity index (χ2v) is 6.42. The fourth-order valence-electron chi connectivity index (χ4n) is 2.92. The van der Waals surface area contributed by atoms with E-state index < -0.39 is 0 Å². The maximum Gasteiger partial charge on any atom is 0.261 e. The summed E-state index contributed by atoms with van der Waals surface area (Å²) in [5.41, 5.74) is 10.0. The van der Waals surface area contributed by atoms with Gasteiger partial charge in [-0.3, -0.25) is 4.79 Å². The summed E-state index contributed by atoms with van der Waals surface area (Å²) in [6.45, 7) is 5.48. The number of nitrogens with two attached hydrogens (primary N) is 1. The minimum atomic E-state index is -0.258. The van der Waals surface area contributed by atoms with Crippen molar-refractivity contribution in [3.8, 4) is 0 Å². The number of aromatic nitrogens is 1. The van der Waals surface area contributed by atoms with Crippen LogP contribution in [0.3, 0.4) is 0 Å². The fourth-order valence-corrected chi connectivity index (χ4v) is 2.92. The van der Waals surface area contributed by atoms with Gasteiger partial charge < -0.3 is 20.8 Å². The van der Waals surface area contributed by atoms with Crippen LogP contribution in [-0.4, -0.2) is 30.1 Å². The lowest BCUT2D eigenvalue weighted by atomic mass is 10.1. The van der Waals surface area contributed by atoms with Gasteiger partial charge in [0.05, 0.1) is 18.0 Å². The number of amidine groups is 1. The van der Waals surface area contributed by atoms with Gasteiger partial charge in [-0.05, 0) is 56.0 Å². The molecule has 0 bridgehead atoms. The van der Waals surface area contributed by atoms with E-state index in [4.69, 9.17) is 10.5 Å². The largest absolute Gasteiger partial charge is 0.383 e. The highest BCUT2D eigenvalue weighted by atomic mass is 16.5. The number of nitrogens with one attached hydrogen (secondary N) is 2. The highest BCUT2D eigenvalue weighted by molar-refractivity contribution is 6.03. The van der Waals surface area contributed by atoms with E-state index in [1.807, 2.05) is 38.1 Å². The molecule has 0 aliphatic carbocycles. The number of hydrogen-bond acceptors (Lipinski definition) is 4. The zero-order valence-electron chi connectivity index (χ0n) is 14.6. The Morgan fingerprint density at radius 3 is 2.88 bits per heavy atom. The van der Waals surface area contributed by atoms with Crippen LogP contribution in [0.15, 0.2) is 40.2 Å². The van der Waals surface area contributed by atoms with Gasteiger partial charge in [0.15, 0.2) is 0 Å². The van der Waals surface area contributed by atoms with Crippen LogP contribution in [0.5, 0.6) is 0 Å². The lowest BCUT2D eigenvalue weighted by Crippen LogP contribution is -2.33. The van der Waals surface area contributed by atoms with E-state index in [1.165, 1.54) is 5.56 Å². The van der Waals surface area contributed by atoms with Crippen LogP contribution < -0.4 is 16.6 Å². The predicted molar refractivity (Wildman–Crippen MR) is 101 cm³/mol. The molecule has 1 aliphatic heterocycles. The van der Waals surface area contributed by atoms with E-state index in [0.29, 0.717) is 17.9 Å². The SMILES string of the molecule is Cc1ccc(N=C(N)c2c(N[C@@H]3CCCOC3)cc[nH]c2=O)cc1C. The quantitative estimate of drug-likeness (QED) is 0.589. The van der Waals surface area contributed by atoms with Gasteiger partial charge in [-0.25, -0.2) is 4.99 Å². The molecular formula is C19H24N4O2. The Morgan fingerprint density at radius 2 is 2.16 bits per heavy atom. The number of pyridine rings is 1. The molecule has 1 saturated heterocycles. The second-order valence-electron chi connectivity index (χ2n) is 6.42. The van der Waals surface area contributed by atoms with Crippen LogP contribution in [-0.2, 0) is 4.74 Å². The Labute approximate surface area is 147 Å². The van der Waals surface area contributed by atoms with Crippen molar-refractivity contribution in [2.45, 2.75) is 32.7 Å². The average Bonchev–Trinajstić information content (AvgIpc) is 2.59. The minimum absolute atomic E-state index is 0.170. The number of hydrogen-bond donors (Lipinski definition) is 3. The molecule has 6 nitrogen and oxygen atoms in total. The fraction of sp³-hybridized carbons (Fsp3) is 0.368. The number of aryl methyl sites for hydroxylation is 2. The number of aliphatic imine (C=N–C) groups is 1.